The second-order valence-corrected chi connectivity index (χ2v) is 6.59. The van der Waals surface area contributed by atoms with Crippen molar-refractivity contribution in [3.8, 4) is 12.3 Å². The number of hydrogen-bond acceptors (Lipinski definition) is 3. The third-order valence-electron chi connectivity index (χ3n) is 4.74. The molecule has 2 saturated heterocycles. The number of carbonyl (C=O) groups is 1. The minimum atomic E-state index is 0.180. The molecule has 2 heterocycles. The normalized spacial score (nSPS) is 25.4. The van der Waals surface area contributed by atoms with Gasteiger partial charge in [-0.3, -0.25) is 9.69 Å². The van der Waals surface area contributed by atoms with Crippen LogP contribution in [0.1, 0.15) is 32.6 Å². The van der Waals surface area contributed by atoms with E-state index in [-0.39, 0.29) is 11.8 Å². The zero-order valence-electron chi connectivity index (χ0n) is 13.3. The van der Waals surface area contributed by atoms with Gasteiger partial charge in [-0.05, 0) is 51.2 Å². The van der Waals surface area contributed by atoms with Crippen LogP contribution in [0.3, 0.4) is 0 Å². The number of nitrogens with zero attached hydrogens (tertiary/aromatic N) is 2. The first-order chi connectivity index (χ1) is 10.2. The van der Waals surface area contributed by atoms with Gasteiger partial charge in [0.1, 0.15) is 0 Å². The molecule has 4 heteroatoms. The van der Waals surface area contributed by atoms with Gasteiger partial charge in [0.05, 0.1) is 6.54 Å². The van der Waals surface area contributed by atoms with E-state index in [1.807, 2.05) is 0 Å². The van der Waals surface area contributed by atoms with Crippen LogP contribution >= 0.6 is 0 Å². The standard InChI is InChI=1S/C17H29N3O/c1-3-9-19-11-6-16(7-12-19)17(21)18-8-13-20-10-4-5-15(2)14-20/h1,15-16H,4-14H2,2H3,(H,18,21)/t15-/m1/s1. The van der Waals surface area contributed by atoms with E-state index in [0.717, 1.165) is 44.9 Å². The van der Waals surface area contributed by atoms with E-state index in [9.17, 15) is 4.79 Å². The average Bonchev–Trinajstić information content (AvgIpc) is 2.48. The summed E-state index contributed by atoms with van der Waals surface area (Å²) in [4.78, 5) is 16.9. The van der Waals surface area contributed by atoms with Crippen molar-refractivity contribution in [1.29, 1.82) is 0 Å². The van der Waals surface area contributed by atoms with Gasteiger partial charge in [0.15, 0.2) is 0 Å². The van der Waals surface area contributed by atoms with Crippen LogP contribution in [0.4, 0.5) is 0 Å². The third-order valence-corrected chi connectivity index (χ3v) is 4.74. The molecule has 0 aromatic heterocycles. The highest BCUT2D eigenvalue weighted by Crippen LogP contribution is 2.17. The quantitative estimate of drug-likeness (QED) is 0.773. The maximum atomic E-state index is 12.2. The lowest BCUT2D eigenvalue weighted by Gasteiger charge is -2.32. The Morgan fingerprint density at radius 2 is 2.00 bits per heavy atom. The van der Waals surface area contributed by atoms with E-state index in [4.69, 9.17) is 6.42 Å². The van der Waals surface area contributed by atoms with Crippen LogP contribution in [0.15, 0.2) is 0 Å². The summed E-state index contributed by atoms with van der Waals surface area (Å²) in [6, 6.07) is 0. The summed E-state index contributed by atoms with van der Waals surface area (Å²) < 4.78 is 0. The zero-order valence-corrected chi connectivity index (χ0v) is 13.3. The fourth-order valence-electron chi connectivity index (χ4n) is 3.45. The van der Waals surface area contributed by atoms with Crippen molar-refractivity contribution < 1.29 is 4.79 Å². The number of amides is 1. The average molecular weight is 291 g/mol. The van der Waals surface area contributed by atoms with Gasteiger partial charge in [0.25, 0.3) is 0 Å². The Bertz CT molecular complexity index is 369. The molecule has 0 saturated carbocycles. The number of terminal acetylenes is 1. The summed E-state index contributed by atoms with van der Waals surface area (Å²) in [5.74, 6) is 3.89. The van der Waals surface area contributed by atoms with Crippen molar-refractivity contribution in [2.45, 2.75) is 32.6 Å². The second-order valence-electron chi connectivity index (χ2n) is 6.59. The van der Waals surface area contributed by atoms with Gasteiger partial charge >= 0.3 is 0 Å². The Balaban J connectivity index is 1.60. The smallest absolute Gasteiger partial charge is 0.223 e. The molecule has 2 fully saturated rings. The summed E-state index contributed by atoms with van der Waals surface area (Å²) in [6.45, 7) is 9.07. The predicted molar refractivity (Wildman–Crippen MR) is 85.8 cm³/mol. The molecule has 0 aromatic carbocycles. The predicted octanol–water partition coefficient (Wildman–Crippen LogP) is 1.18. The zero-order chi connectivity index (χ0) is 15.1. The number of likely N-dealkylation sites (tertiary alicyclic amines) is 2. The highest BCUT2D eigenvalue weighted by molar-refractivity contribution is 5.78. The Morgan fingerprint density at radius 1 is 1.24 bits per heavy atom. The molecule has 1 atom stereocenters. The maximum Gasteiger partial charge on any atom is 0.223 e. The lowest BCUT2D eigenvalue weighted by atomic mass is 9.96. The fraction of sp³-hybridized carbons (Fsp3) is 0.824. The van der Waals surface area contributed by atoms with Crippen LogP contribution in [0.2, 0.25) is 0 Å². The van der Waals surface area contributed by atoms with Crippen LogP contribution in [0.5, 0.6) is 0 Å². The van der Waals surface area contributed by atoms with E-state index in [1.54, 1.807) is 0 Å². The van der Waals surface area contributed by atoms with Crippen molar-refractivity contribution in [1.82, 2.24) is 15.1 Å². The van der Waals surface area contributed by atoms with E-state index >= 15 is 0 Å². The molecular formula is C17H29N3O. The van der Waals surface area contributed by atoms with Crippen molar-refractivity contribution in [2.24, 2.45) is 11.8 Å². The molecule has 2 aliphatic rings. The molecule has 0 spiro atoms. The van der Waals surface area contributed by atoms with Crippen molar-refractivity contribution in [3.05, 3.63) is 0 Å². The van der Waals surface area contributed by atoms with E-state index < -0.39 is 0 Å². The summed E-state index contributed by atoms with van der Waals surface area (Å²) >= 11 is 0. The van der Waals surface area contributed by atoms with E-state index in [2.05, 4.69) is 28.0 Å². The SMILES string of the molecule is C#CCN1CCC(C(=O)NCCN2CCC[C@@H](C)C2)CC1. The molecule has 0 aliphatic carbocycles. The molecule has 21 heavy (non-hydrogen) atoms. The largest absolute Gasteiger partial charge is 0.355 e. The Morgan fingerprint density at radius 3 is 2.67 bits per heavy atom. The van der Waals surface area contributed by atoms with Gasteiger partial charge < -0.3 is 10.2 Å². The Hall–Kier alpha value is -1.05. The molecule has 0 bridgehead atoms. The van der Waals surface area contributed by atoms with Gasteiger partial charge in [0.2, 0.25) is 5.91 Å². The van der Waals surface area contributed by atoms with Crippen LogP contribution in [0, 0.1) is 24.2 Å². The molecule has 2 aliphatic heterocycles. The van der Waals surface area contributed by atoms with Crippen molar-refractivity contribution in [2.75, 3.05) is 45.8 Å². The first-order valence-electron chi connectivity index (χ1n) is 8.35. The highest BCUT2D eigenvalue weighted by Gasteiger charge is 2.24. The number of rotatable bonds is 5. The fourth-order valence-corrected chi connectivity index (χ4v) is 3.45. The van der Waals surface area contributed by atoms with Crippen molar-refractivity contribution in [3.63, 3.8) is 0 Å². The molecular weight excluding hydrogens is 262 g/mol. The second kappa shape index (κ2) is 8.41. The summed E-state index contributed by atoms with van der Waals surface area (Å²) in [7, 11) is 0. The number of nitrogens with one attached hydrogen (secondary N) is 1. The molecule has 0 radical (unpaired) electrons. The van der Waals surface area contributed by atoms with E-state index in [0.29, 0.717) is 6.54 Å². The molecule has 2 rings (SSSR count). The number of piperidine rings is 2. The molecule has 0 aromatic rings. The first kappa shape index (κ1) is 16.3. The summed E-state index contributed by atoms with van der Waals surface area (Å²) in [5.41, 5.74) is 0. The monoisotopic (exact) mass is 291 g/mol. The van der Waals surface area contributed by atoms with Crippen LogP contribution < -0.4 is 5.32 Å². The van der Waals surface area contributed by atoms with Gasteiger partial charge in [-0.1, -0.05) is 12.8 Å². The molecule has 118 valence electrons. The highest BCUT2D eigenvalue weighted by atomic mass is 16.1. The van der Waals surface area contributed by atoms with Crippen LogP contribution in [-0.4, -0.2) is 61.5 Å². The maximum absolute atomic E-state index is 12.2. The van der Waals surface area contributed by atoms with Crippen LogP contribution in [-0.2, 0) is 4.79 Å². The minimum Gasteiger partial charge on any atom is -0.355 e. The third kappa shape index (κ3) is 5.33. The Kier molecular flexibility index (Phi) is 6.53. The molecule has 4 nitrogen and oxygen atoms in total. The van der Waals surface area contributed by atoms with Crippen molar-refractivity contribution >= 4 is 5.91 Å². The van der Waals surface area contributed by atoms with Crippen LogP contribution in [0.25, 0.3) is 0 Å². The minimum absolute atomic E-state index is 0.180. The lowest BCUT2D eigenvalue weighted by Crippen LogP contribution is -2.44. The molecule has 1 N–H and O–H groups in total. The van der Waals surface area contributed by atoms with Gasteiger partial charge in [0, 0.05) is 25.6 Å². The van der Waals surface area contributed by atoms with Gasteiger partial charge in [-0.15, -0.1) is 6.42 Å². The first-order valence-corrected chi connectivity index (χ1v) is 8.35. The lowest BCUT2D eigenvalue weighted by molar-refractivity contribution is -0.126. The number of hydrogen-bond donors (Lipinski definition) is 1. The van der Waals surface area contributed by atoms with E-state index in [1.165, 1.54) is 25.9 Å². The van der Waals surface area contributed by atoms with Gasteiger partial charge in [-0.25, -0.2) is 0 Å². The topological polar surface area (TPSA) is 35.6 Å². The summed E-state index contributed by atoms with van der Waals surface area (Å²) in [5, 5.41) is 3.12. The number of carbonyl (C=O) groups excluding carboxylic acids is 1. The Labute approximate surface area is 129 Å². The molecule has 1 amide bonds. The summed E-state index contributed by atoms with van der Waals surface area (Å²) in [6.07, 6.45) is 9.84. The molecule has 0 unspecified atom stereocenters. The van der Waals surface area contributed by atoms with Gasteiger partial charge in [-0.2, -0.15) is 0 Å².